The van der Waals surface area contributed by atoms with Crippen molar-refractivity contribution in [1.29, 1.82) is 0 Å². The Morgan fingerprint density at radius 1 is 0.955 bits per heavy atom. The largest absolute Gasteiger partial charge is 0.490 e. The average molecular weight is 626 g/mol. The summed E-state index contributed by atoms with van der Waals surface area (Å²) in [5, 5.41) is 16.3. The Balaban J connectivity index is 0.000000860. The lowest BCUT2D eigenvalue weighted by atomic mass is 9.82. The topological polar surface area (TPSA) is 126 Å². The minimum absolute atomic E-state index is 0.131. The number of rotatable bonds is 11. The number of hydrogen-bond donors (Lipinski definition) is 3. The van der Waals surface area contributed by atoms with E-state index in [0.717, 1.165) is 29.5 Å². The molecule has 0 aliphatic carbocycles. The zero-order valence-corrected chi connectivity index (χ0v) is 24.6. The molecule has 8 nitrogen and oxygen atoms in total. The van der Waals surface area contributed by atoms with Crippen LogP contribution in [0, 0.1) is 17.0 Å². The van der Waals surface area contributed by atoms with Crippen LogP contribution >= 0.6 is 0 Å². The monoisotopic (exact) mass is 625 g/mol. The summed E-state index contributed by atoms with van der Waals surface area (Å²) in [6.45, 7) is 7.16. The van der Waals surface area contributed by atoms with E-state index >= 15 is 0 Å². The first-order valence-electron chi connectivity index (χ1n) is 13.7. The van der Waals surface area contributed by atoms with Gasteiger partial charge in [-0.3, -0.25) is 9.59 Å². The van der Waals surface area contributed by atoms with Gasteiger partial charge in [-0.2, -0.15) is 13.2 Å². The average Bonchev–Trinajstić information content (AvgIpc) is 3.32. The summed E-state index contributed by atoms with van der Waals surface area (Å²) in [7, 11) is 0. The molecule has 0 saturated heterocycles. The third-order valence-electron chi connectivity index (χ3n) is 6.50. The minimum Gasteiger partial charge on any atom is -0.481 e. The number of carbonyl (C=O) groups excluding carboxylic acids is 1. The second kappa shape index (κ2) is 15.5. The molecule has 3 rings (SSSR count). The summed E-state index contributed by atoms with van der Waals surface area (Å²) in [6.07, 6.45) is -3.19. The van der Waals surface area contributed by atoms with Gasteiger partial charge in [-0.05, 0) is 48.2 Å². The van der Waals surface area contributed by atoms with Crippen LogP contribution in [0.4, 0.5) is 22.0 Å². The van der Waals surface area contributed by atoms with Gasteiger partial charge in [0, 0.05) is 42.5 Å². The highest BCUT2D eigenvalue weighted by Crippen LogP contribution is 2.41. The van der Waals surface area contributed by atoms with Gasteiger partial charge in [0.25, 0.3) is 0 Å². The predicted molar refractivity (Wildman–Crippen MR) is 153 cm³/mol. The summed E-state index contributed by atoms with van der Waals surface area (Å²) >= 11 is 0. The van der Waals surface area contributed by atoms with Crippen LogP contribution in [0.2, 0.25) is 0 Å². The van der Waals surface area contributed by atoms with Gasteiger partial charge in [0.15, 0.2) is 0 Å². The molecular formula is C31H36F5N3O5. The molecule has 0 saturated carbocycles. The first kappa shape index (κ1) is 35.9. The number of aromatic nitrogens is 1. The van der Waals surface area contributed by atoms with Crippen molar-refractivity contribution in [2.24, 2.45) is 11.1 Å². The molecule has 2 aromatic carbocycles. The highest BCUT2D eigenvalue weighted by atomic mass is 19.4. The SMILES string of the molecule is CC(C)(C)[C@H](c1cc(-c2cc(F)ccc2F)cn1Cc1ccccc1)N(CCCN)C(=O)CCC(=O)O.O=C(O)C(F)(F)F. The van der Waals surface area contributed by atoms with E-state index < -0.39 is 41.2 Å². The number of aliphatic carboxylic acids is 2. The number of nitrogens with two attached hydrogens (primary N) is 1. The molecule has 0 spiro atoms. The molecule has 0 unspecified atom stereocenters. The standard InChI is InChI=1S/C29H35F2N3O3.C2HF3O2/c1-29(2,3)28(34(15-7-14-32)26(35)12-13-27(36)37)25-16-21(23-17-22(30)10-11-24(23)31)19-33(25)18-20-8-5-4-6-9-20;3-2(4,5)1(6)7/h4-6,8-11,16-17,19,28H,7,12-15,18,32H2,1-3H3,(H,36,37);(H,6,7)/t28-;/m0./s1. The third-order valence-corrected chi connectivity index (χ3v) is 6.50. The fraction of sp³-hybridized carbons (Fsp3) is 0.387. The number of carbonyl (C=O) groups is 3. The predicted octanol–water partition coefficient (Wildman–Crippen LogP) is 6.24. The zero-order valence-electron chi connectivity index (χ0n) is 24.6. The third kappa shape index (κ3) is 10.5. The first-order valence-corrected chi connectivity index (χ1v) is 13.7. The molecule has 240 valence electrons. The lowest BCUT2D eigenvalue weighted by Gasteiger charge is -2.41. The number of nitrogens with zero attached hydrogens (tertiary/aromatic N) is 2. The van der Waals surface area contributed by atoms with Crippen LogP contribution < -0.4 is 5.73 Å². The Morgan fingerprint density at radius 2 is 1.57 bits per heavy atom. The summed E-state index contributed by atoms with van der Waals surface area (Å²) in [4.78, 5) is 35.1. The van der Waals surface area contributed by atoms with E-state index in [2.05, 4.69) is 0 Å². The Labute approximate surface area is 251 Å². The molecular weight excluding hydrogens is 589 g/mol. The van der Waals surface area contributed by atoms with E-state index in [4.69, 9.17) is 20.7 Å². The van der Waals surface area contributed by atoms with Crippen LogP contribution in [-0.4, -0.2) is 56.8 Å². The van der Waals surface area contributed by atoms with E-state index in [-0.39, 0.29) is 24.3 Å². The maximum atomic E-state index is 14.8. The van der Waals surface area contributed by atoms with Gasteiger partial charge >= 0.3 is 18.1 Å². The van der Waals surface area contributed by atoms with Crippen molar-refractivity contribution < 1.29 is 46.5 Å². The van der Waals surface area contributed by atoms with Crippen molar-refractivity contribution in [3.63, 3.8) is 0 Å². The van der Waals surface area contributed by atoms with E-state index in [1.165, 1.54) is 0 Å². The molecule has 0 aliphatic rings. The van der Waals surface area contributed by atoms with E-state index in [0.29, 0.717) is 31.6 Å². The lowest BCUT2D eigenvalue weighted by Crippen LogP contribution is -2.43. The number of alkyl halides is 3. The summed E-state index contributed by atoms with van der Waals surface area (Å²) in [6, 6.07) is 14.4. The molecule has 3 aromatic rings. The summed E-state index contributed by atoms with van der Waals surface area (Å²) < 4.78 is 62.5. The van der Waals surface area contributed by atoms with Crippen molar-refractivity contribution in [2.45, 2.75) is 58.8 Å². The van der Waals surface area contributed by atoms with Crippen LogP contribution in [0.3, 0.4) is 0 Å². The molecule has 4 N–H and O–H groups in total. The number of amides is 1. The van der Waals surface area contributed by atoms with Crippen LogP contribution in [-0.2, 0) is 20.9 Å². The number of halogens is 5. The molecule has 1 atom stereocenters. The Kier molecular flexibility index (Phi) is 12.6. The Hall–Kier alpha value is -4.26. The molecule has 1 amide bonds. The van der Waals surface area contributed by atoms with Crippen LogP contribution in [0.1, 0.15) is 57.3 Å². The maximum absolute atomic E-state index is 14.8. The summed E-state index contributed by atoms with van der Waals surface area (Å²) in [5.74, 6) is -5.19. The van der Waals surface area contributed by atoms with Crippen LogP contribution in [0.15, 0.2) is 60.8 Å². The molecule has 1 aromatic heterocycles. The van der Waals surface area contributed by atoms with E-state index in [9.17, 15) is 31.5 Å². The Morgan fingerprint density at radius 3 is 2.09 bits per heavy atom. The van der Waals surface area contributed by atoms with Crippen molar-refractivity contribution in [3.05, 3.63) is 83.7 Å². The van der Waals surface area contributed by atoms with E-state index in [1.807, 2.05) is 55.7 Å². The maximum Gasteiger partial charge on any atom is 0.490 e. The molecule has 0 radical (unpaired) electrons. The van der Waals surface area contributed by atoms with Crippen LogP contribution in [0.5, 0.6) is 0 Å². The first-order chi connectivity index (χ1) is 20.4. The fourth-order valence-corrected chi connectivity index (χ4v) is 4.63. The van der Waals surface area contributed by atoms with Gasteiger partial charge in [0.2, 0.25) is 5.91 Å². The second-order valence-electron chi connectivity index (χ2n) is 11.1. The van der Waals surface area contributed by atoms with Crippen molar-refractivity contribution >= 4 is 17.8 Å². The van der Waals surface area contributed by atoms with Gasteiger partial charge in [0.05, 0.1) is 12.5 Å². The Bertz CT molecular complexity index is 1420. The molecule has 0 fully saturated rings. The van der Waals surface area contributed by atoms with Gasteiger partial charge in [-0.1, -0.05) is 51.1 Å². The van der Waals surface area contributed by atoms with Crippen molar-refractivity contribution in [2.75, 3.05) is 13.1 Å². The second-order valence-corrected chi connectivity index (χ2v) is 11.1. The quantitative estimate of drug-likeness (QED) is 0.217. The zero-order chi connectivity index (χ0) is 33.2. The lowest BCUT2D eigenvalue weighted by molar-refractivity contribution is -0.192. The van der Waals surface area contributed by atoms with Gasteiger partial charge in [0.1, 0.15) is 11.6 Å². The summed E-state index contributed by atoms with van der Waals surface area (Å²) in [5.41, 5.74) is 7.68. The number of hydrogen-bond acceptors (Lipinski definition) is 4. The van der Waals surface area contributed by atoms with Crippen molar-refractivity contribution in [1.82, 2.24) is 9.47 Å². The molecule has 1 heterocycles. The van der Waals surface area contributed by atoms with Gasteiger partial charge in [-0.25, -0.2) is 13.6 Å². The molecule has 0 bridgehead atoms. The van der Waals surface area contributed by atoms with Crippen molar-refractivity contribution in [3.8, 4) is 11.1 Å². The molecule has 13 heteroatoms. The highest BCUT2D eigenvalue weighted by Gasteiger charge is 2.38. The van der Waals surface area contributed by atoms with E-state index in [1.54, 1.807) is 17.2 Å². The normalized spacial score (nSPS) is 12.2. The number of carboxylic acids is 2. The fourth-order valence-electron chi connectivity index (χ4n) is 4.63. The number of benzene rings is 2. The van der Waals surface area contributed by atoms with Gasteiger partial charge < -0.3 is 25.4 Å². The van der Waals surface area contributed by atoms with Gasteiger partial charge in [-0.15, -0.1) is 0 Å². The molecule has 44 heavy (non-hydrogen) atoms. The molecule has 0 aliphatic heterocycles. The highest BCUT2D eigenvalue weighted by molar-refractivity contribution is 5.81. The minimum atomic E-state index is -5.08. The smallest absolute Gasteiger partial charge is 0.481 e. The van der Waals surface area contributed by atoms with Crippen LogP contribution in [0.25, 0.3) is 11.1 Å². The number of carboxylic acid groups (broad SMARTS) is 2.